The van der Waals surface area contributed by atoms with Crippen molar-refractivity contribution in [2.45, 2.75) is 25.3 Å². The van der Waals surface area contributed by atoms with Crippen LogP contribution in [0.3, 0.4) is 0 Å². The number of rotatable bonds is 2. The van der Waals surface area contributed by atoms with E-state index >= 15 is 0 Å². The van der Waals surface area contributed by atoms with E-state index in [-0.39, 0.29) is 11.9 Å². The van der Waals surface area contributed by atoms with Crippen molar-refractivity contribution in [2.75, 3.05) is 6.54 Å². The van der Waals surface area contributed by atoms with Crippen molar-refractivity contribution in [3.63, 3.8) is 0 Å². The van der Waals surface area contributed by atoms with E-state index in [4.69, 9.17) is 29.6 Å². The number of halogens is 1. The number of likely N-dealkylation sites (tertiary alicyclic amines) is 1. The quantitative estimate of drug-likeness (QED) is 0.848. The van der Waals surface area contributed by atoms with Crippen LogP contribution in [0.4, 0.5) is 0 Å². The maximum atomic E-state index is 12.4. The summed E-state index contributed by atoms with van der Waals surface area (Å²) >= 11 is 11.0. The lowest BCUT2D eigenvalue weighted by Crippen LogP contribution is -2.49. The maximum absolute atomic E-state index is 12.4. The molecule has 3 nitrogen and oxygen atoms in total. The van der Waals surface area contributed by atoms with Gasteiger partial charge < -0.3 is 10.6 Å². The molecule has 1 atom stereocenters. The first-order valence-corrected chi connectivity index (χ1v) is 6.74. The minimum Gasteiger partial charge on any atom is -0.392 e. The van der Waals surface area contributed by atoms with Crippen molar-refractivity contribution < 1.29 is 4.79 Å². The molecular weight excluding hydrogens is 268 g/mol. The second kappa shape index (κ2) is 5.67. The van der Waals surface area contributed by atoms with Gasteiger partial charge in [-0.3, -0.25) is 4.79 Å². The highest BCUT2D eigenvalue weighted by molar-refractivity contribution is 7.80. The highest BCUT2D eigenvalue weighted by atomic mass is 35.5. The fraction of sp³-hybridized carbons (Fsp3) is 0.385. The molecule has 18 heavy (non-hydrogen) atoms. The third-order valence-electron chi connectivity index (χ3n) is 3.16. The van der Waals surface area contributed by atoms with Crippen LogP contribution in [0.5, 0.6) is 0 Å². The van der Waals surface area contributed by atoms with Crippen LogP contribution in [-0.2, 0) is 0 Å². The molecule has 1 unspecified atom stereocenters. The molecule has 2 rings (SSSR count). The maximum Gasteiger partial charge on any atom is 0.254 e. The number of hydrogen-bond acceptors (Lipinski definition) is 2. The van der Waals surface area contributed by atoms with E-state index in [0.29, 0.717) is 22.1 Å². The molecule has 1 fully saturated rings. The second-order valence-electron chi connectivity index (χ2n) is 4.42. The number of hydrogen-bond donors (Lipinski definition) is 1. The van der Waals surface area contributed by atoms with E-state index in [2.05, 4.69) is 0 Å². The zero-order valence-corrected chi connectivity index (χ0v) is 11.5. The van der Waals surface area contributed by atoms with Crippen molar-refractivity contribution in [1.29, 1.82) is 0 Å². The molecule has 1 saturated heterocycles. The van der Waals surface area contributed by atoms with Crippen molar-refractivity contribution in [1.82, 2.24) is 4.90 Å². The van der Waals surface area contributed by atoms with Crippen LogP contribution in [0.25, 0.3) is 0 Å². The van der Waals surface area contributed by atoms with Gasteiger partial charge in [-0.1, -0.05) is 29.9 Å². The van der Waals surface area contributed by atoms with Gasteiger partial charge in [0.15, 0.2) is 0 Å². The molecule has 1 aromatic rings. The second-order valence-corrected chi connectivity index (χ2v) is 5.33. The molecule has 0 radical (unpaired) electrons. The van der Waals surface area contributed by atoms with E-state index in [9.17, 15) is 4.79 Å². The van der Waals surface area contributed by atoms with Crippen LogP contribution >= 0.6 is 23.8 Å². The van der Waals surface area contributed by atoms with E-state index in [1.165, 1.54) is 0 Å². The number of piperidine rings is 1. The molecule has 0 aromatic heterocycles. The van der Waals surface area contributed by atoms with Crippen LogP contribution in [0.1, 0.15) is 29.6 Å². The monoisotopic (exact) mass is 282 g/mol. The molecule has 1 aromatic carbocycles. The summed E-state index contributed by atoms with van der Waals surface area (Å²) in [6.45, 7) is 0.702. The van der Waals surface area contributed by atoms with Crippen molar-refractivity contribution in [3.8, 4) is 0 Å². The molecule has 1 aliphatic rings. The number of nitrogens with zero attached hydrogens (tertiary/aromatic N) is 1. The molecule has 0 spiro atoms. The Labute approximate surface area is 117 Å². The highest BCUT2D eigenvalue weighted by Crippen LogP contribution is 2.21. The summed E-state index contributed by atoms with van der Waals surface area (Å²) in [6, 6.07) is 6.84. The van der Waals surface area contributed by atoms with E-state index in [1.54, 1.807) is 29.2 Å². The molecular formula is C13H15ClN2OS. The van der Waals surface area contributed by atoms with Gasteiger partial charge in [-0.25, -0.2) is 0 Å². The fourth-order valence-electron chi connectivity index (χ4n) is 2.26. The lowest BCUT2D eigenvalue weighted by Gasteiger charge is -2.35. The van der Waals surface area contributed by atoms with Crippen molar-refractivity contribution >= 4 is 34.7 Å². The minimum absolute atomic E-state index is 0.0463. The van der Waals surface area contributed by atoms with E-state index < -0.39 is 0 Å². The smallest absolute Gasteiger partial charge is 0.254 e. The van der Waals surface area contributed by atoms with Crippen molar-refractivity contribution in [3.05, 3.63) is 34.9 Å². The normalized spacial score (nSPS) is 19.6. The van der Waals surface area contributed by atoms with Gasteiger partial charge in [0.05, 0.1) is 11.0 Å². The van der Waals surface area contributed by atoms with Gasteiger partial charge in [-0.15, -0.1) is 0 Å². The number of benzene rings is 1. The predicted octanol–water partition coefficient (Wildman–Crippen LogP) is 2.62. The Kier molecular flexibility index (Phi) is 4.19. The molecule has 5 heteroatoms. The average molecular weight is 283 g/mol. The summed E-state index contributed by atoms with van der Waals surface area (Å²) in [5.41, 5.74) is 6.30. The van der Waals surface area contributed by atoms with Crippen LogP contribution in [0, 0.1) is 0 Å². The Balaban J connectivity index is 2.23. The highest BCUT2D eigenvalue weighted by Gasteiger charge is 2.29. The SMILES string of the molecule is NC(=S)C1CCCCN1C(=O)c1cccc(Cl)c1. The van der Waals surface area contributed by atoms with Crippen LogP contribution in [0.15, 0.2) is 24.3 Å². The number of amides is 1. The molecule has 1 aliphatic heterocycles. The van der Waals surface area contributed by atoms with Gasteiger partial charge in [0.2, 0.25) is 0 Å². The Morgan fingerprint density at radius 2 is 2.22 bits per heavy atom. The number of carbonyl (C=O) groups is 1. The Morgan fingerprint density at radius 3 is 2.89 bits per heavy atom. The third kappa shape index (κ3) is 2.82. The zero-order chi connectivity index (χ0) is 13.1. The van der Waals surface area contributed by atoms with E-state index in [0.717, 1.165) is 19.3 Å². The molecule has 1 amide bonds. The first-order chi connectivity index (χ1) is 8.59. The number of thiocarbonyl (C=S) groups is 1. The van der Waals surface area contributed by atoms with Gasteiger partial charge in [-0.05, 0) is 37.5 Å². The summed E-state index contributed by atoms with van der Waals surface area (Å²) in [7, 11) is 0. The van der Waals surface area contributed by atoms with Crippen molar-refractivity contribution in [2.24, 2.45) is 5.73 Å². The Bertz CT molecular complexity index is 478. The lowest BCUT2D eigenvalue weighted by molar-refractivity contribution is 0.0681. The molecule has 1 heterocycles. The van der Waals surface area contributed by atoms with Crippen LogP contribution in [-0.4, -0.2) is 28.4 Å². The zero-order valence-electron chi connectivity index (χ0n) is 9.93. The fourth-order valence-corrected chi connectivity index (χ4v) is 2.69. The molecule has 0 aliphatic carbocycles. The summed E-state index contributed by atoms with van der Waals surface area (Å²) in [5, 5.41) is 0.560. The number of carbonyl (C=O) groups excluding carboxylic acids is 1. The summed E-state index contributed by atoms with van der Waals surface area (Å²) in [5.74, 6) is -0.0463. The Morgan fingerprint density at radius 1 is 1.44 bits per heavy atom. The van der Waals surface area contributed by atoms with Gasteiger partial charge in [0.1, 0.15) is 0 Å². The molecule has 2 N–H and O–H groups in total. The standard InChI is InChI=1S/C13H15ClN2OS/c14-10-5-3-4-9(8-10)13(17)16-7-2-1-6-11(16)12(15)18/h3-5,8,11H,1-2,6-7H2,(H2,15,18). The first kappa shape index (κ1) is 13.3. The third-order valence-corrected chi connectivity index (χ3v) is 3.67. The van der Waals surface area contributed by atoms with Crippen LogP contribution < -0.4 is 5.73 Å². The molecule has 0 bridgehead atoms. The topological polar surface area (TPSA) is 46.3 Å². The van der Waals surface area contributed by atoms with E-state index in [1.807, 2.05) is 0 Å². The summed E-state index contributed by atoms with van der Waals surface area (Å²) < 4.78 is 0. The van der Waals surface area contributed by atoms with Gasteiger partial charge >= 0.3 is 0 Å². The predicted molar refractivity (Wildman–Crippen MR) is 76.9 cm³/mol. The first-order valence-electron chi connectivity index (χ1n) is 5.95. The minimum atomic E-state index is -0.125. The summed E-state index contributed by atoms with van der Waals surface area (Å²) in [6.07, 6.45) is 2.90. The molecule has 0 saturated carbocycles. The van der Waals surface area contributed by atoms with Gasteiger partial charge in [0, 0.05) is 17.1 Å². The van der Waals surface area contributed by atoms with Gasteiger partial charge in [0.25, 0.3) is 5.91 Å². The summed E-state index contributed by atoms with van der Waals surface area (Å²) in [4.78, 5) is 14.6. The van der Waals surface area contributed by atoms with Crippen LogP contribution in [0.2, 0.25) is 5.02 Å². The number of nitrogens with two attached hydrogens (primary N) is 1. The lowest BCUT2D eigenvalue weighted by atomic mass is 10.0. The Hall–Kier alpha value is -1.13. The molecule has 96 valence electrons. The van der Waals surface area contributed by atoms with Gasteiger partial charge in [-0.2, -0.15) is 0 Å². The largest absolute Gasteiger partial charge is 0.392 e. The average Bonchev–Trinajstić information content (AvgIpc) is 2.38.